The van der Waals surface area contributed by atoms with E-state index < -0.39 is 5.82 Å². The molecule has 0 radical (unpaired) electrons. The molecular weight excluding hydrogens is 299 g/mol. The van der Waals surface area contributed by atoms with E-state index in [-0.39, 0.29) is 16.5 Å². The summed E-state index contributed by atoms with van der Waals surface area (Å²) in [6, 6.07) is 4.56. The summed E-state index contributed by atoms with van der Waals surface area (Å²) in [5.41, 5.74) is 0.517. The van der Waals surface area contributed by atoms with Gasteiger partial charge in [0.2, 0.25) is 0 Å². The molecule has 1 aromatic carbocycles. The normalized spacial score (nSPS) is 10.5. The minimum atomic E-state index is -0.633. The number of rotatable bonds is 2. The Hall–Kier alpha value is -1.03. The van der Waals surface area contributed by atoms with Gasteiger partial charge in [0, 0.05) is 17.3 Å². The van der Waals surface area contributed by atoms with Gasteiger partial charge in [0.25, 0.3) is 5.88 Å². The molecule has 6 heteroatoms. The van der Waals surface area contributed by atoms with Gasteiger partial charge in [-0.25, -0.2) is 9.37 Å². The number of hydrogen-bond donors (Lipinski definition) is 0. The van der Waals surface area contributed by atoms with Crippen molar-refractivity contribution in [2.75, 3.05) is 7.11 Å². The van der Waals surface area contributed by atoms with Crippen LogP contribution in [-0.4, -0.2) is 12.1 Å². The largest absolute Gasteiger partial charge is 0.479 e. The van der Waals surface area contributed by atoms with Crippen LogP contribution in [0.25, 0.3) is 11.1 Å². The highest BCUT2D eigenvalue weighted by atomic mass is 35.5. The number of ether oxygens (including phenoxy) is 1. The standard InChI is InChI=1S/C12H7Cl3FNO/c1-18-12-11(16)6(4-5-17-12)9-7(13)2-3-8(14)10(9)15/h2-5H,1H3. The van der Waals surface area contributed by atoms with E-state index in [1.807, 2.05) is 0 Å². The van der Waals surface area contributed by atoms with Gasteiger partial charge in [0.1, 0.15) is 0 Å². The quantitative estimate of drug-likeness (QED) is 0.739. The molecule has 2 rings (SSSR count). The zero-order valence-corrected chi connectivity index (χ0v) is 11.4. The first-order valence-corrected chi connectivity index (χ1v) is 6.02. The van der Waals surface area contributed by atoms with Crippen molar-refractivity contribution in [3.63, 3.8) is 0 Å². The summed E-state index contributed by atoms with van der Waals surface area (Å²) in [5, 5.41) is 0.791. The summed E-state index contributed by atoms with van der Waals surface area (Å²) in [7, 11) is 1.33. The summed E-state index contributed by atoms with van der Waals surface area (Å²) >= 11 is 18.0. The Morgan fingerprint density at radius 1 is 1.11 bits per heavy atom. The van der Waals surface area contributed by atoms with Crippen molar-refractivity contribution in [3.05, 3.63) is 45.3 Å². The van der Waals surface area contributed by atoms with Gasteiger partial charge in [-0.05, 0) is 18.2 Å². The molecule has 1 heterocycles. The number of methoxy groups -OCH3 is 1. The average molecular weight is 307 g/mol. The van der Waals surface area contributed by atoms with E-state index in [9.17, 15) is 4.39 Å². The van der Waals surface area contributed by atoms with Crippen molar-refractivity contribution < 1.29 is 9.13 Å². The highest BCUT2D eigenvalue weighted by Gasteiger charge is 2.18. The second-order valence-electron chi connectivity index (χ2n) is 3.40. The van der Waals surface area contributed by atoms with Crippen LogP contribution in [0.2, 0.25) is 15.1 Å². The fraction of sp³-hybridized carbons (Fsp3) is 0.0833. The van der Waals surface area contributed by atoms with Gasteiger partial charge < -0.3 is 4.74 Å². The second-order valence-corrected chi connectivity index (χ2v) is 4.59. The highest BCUT2D eigenvalue weighted by Crippen LogP contribution is 2.41. The molecule has 0 bridgehead atoms. The Morgan fingerprint density at radius 2 is 1.78 bits per heavy atom. The van der Waals surface area contributed by atoms with Crippen LogP contribution in [0.1, 0.15) is 0 Å². The summed E-state index contributed by atoms with van der Waals surface area (Å²) in [4.78, 5) is 3.75. The predicted octanol–water partition coefficient (Wildman–Crippen LogP) is 4.86. The average Bonchev–Trinajstić information content (AvgIpc) is 2.36. The molecule has 0 amide bonds. The Bertz CT molecular complexity index is 604. The molecule has 2 nitrogen and oxygen atoms in total. The molecule has 0 saturated carbocycles. The molecule has 0 aliphatic rings. The van der Waals surface area contributed by atoms with Gasteiger partial charge in [-0.2, -0.15) is 0 Å². The van der Waals surface area contributed by atoms with Crippen LogP contribution in [0.15, 0.2) is 24.4 Å². The molecule has 94 valence electrons. The van der Waals surface area contributed by atoms with Crippen LogP contribution >= 0.6 is 34.8 Å². The van der Waals surface area contributed by atoms with Crippen molar-refractivity contribution in [1.29, 1.82) is 0 Å². The van der Waals surface area contributed by atoms with E-state index in [1.54, 1.807) is 12.1 Å². The predicted molar refractivity (Wildman–Crippen MR) is 71.2 cm³/mol. The lowest BCUT2D eigenvalue weighted by Crippen LogP contribution is -1.95. The van der Waals surface area contributed by atoms with Crippen LogP contribution in [0.5, 0.6) is 5.88 Å². The van der Waals surface area contributed by atoms with E-state index in [1.165, 1.54) is 19.4 Å². The van der Waals surface area contributed by atoms with Gasteiger partial charge in [-0.3, -0.25) is 0 Å². The minimum absolute atomic E-state index is 0.125. The molecule has 1 aromatic heterocycles. The summed E-state index contributed by atoms with van der Waals surface area (Å²) in [6.07, 6.45) is 1.41. The van der Waals surface area contributed by atoms with Crippen LogP contribution in [0, 0.1) is 5.82 Å². The highest BCUT2D eigenvalue weighted by molar-refractivity contribution is 6.46. The van der Waals surface area contributed by atoms with Gasteiger partial charge in [0.05, 0.1) is 22.2 Å². The van der Waals surface area contributed by atoms with Crippen LogP contribution in [0.4, 0.5) is 4.39 Å². The van der Waals surface area contributed by atoms with Gasteiger partial charge >= 0.3 is 0 Å². The first-order valence-electron chi connectivity index (χ1n) is 4.88. The Morgan fingerprint density at radius 3 is 2.44 bits per heavy atom. The zero-order chi connectivity index (χ0) is 13.3. The maximum Gasteiger partial charge on any atom is 0.250 e. The van der Waals surface area contributed by atoms with Gasteiger partial charge in [-0.1, -0.05) is 34.8 Å². The van der Waals surface area contributed by atoms with Crippen LogP contribution in [-0.2, 0) is 0 Å². The van der Waals surface area contributed by atoms with Gasteiger partial charge in [0.15, 0.2) is 5.82 Å². The molecule has 0 aliphatic carbocycles. The zero-order valence-electron chi connectivity index (χ0n) is 9.18. The number of halogens is 4. The second kappa shape index (κ2) is 5.31. The molecule has 0 N–H and O–H groups in total. The van der Waals surface area contributed by atoms with Crippen molar-refractivity contribution in [3.8, 4) is 17.0 Å². The number of aromatic nitrogens is 1. The molecular formula is C12H7Cl3FNO. The lowest BCUT2D eigenvalue weighted by Gasteiger charge is -2.11. The van der Waals surface area contributed by atoms with E-state index in [2.05, 4.69) is 4.98 Å². The Kier molecular flexibility index (Phi) is 3.95. The maximum atomic E-state index is 14.1. The Balaban J connectivity index is 2.73. The molecule has 0 aliphatic heterocycles. The molecule has 18 heavy (non-hydrogen) atoms. The molecule has 0 unspecified atom stereocenters. The van der Waals surface area contributed by atoms with E-state index in [0.29, 0.717) is 15.6 Å². The number of benzene rings is 1. The third-order valence-electron chi connectivity index (χ3n) is 2.36. The summed E-state index contributed by atoms with van der Waals surface area (Å²) in [5.74, 6) is -0.759. The number of nitrogens with zero attached hydrogens (tertiary/aromatic N) is 1. The van der Waals surface area contributed by atoms with Crippen LogP contribution < -0.4 is 4.74 Å². The summed E-state index contributed by atoms with van der Waals surface area (Å²) in [6.45, 7) is 0. The van der Waals surface area contributed by atoms with Crippen molar-refractivity contribution in [2.24, 2.45) is 0 Å². The molecule has 0 saturated heterocycles. The summed E-state index contributed by atoms with van der Waals surface area (Å²) < 4.78 is 18.9. The van der Waals surface area contributed by atoms with E-state index >= 15 is 0 Å². The third kappa shape index (κ3) is 2.26. The molecule has 0 spiro atoms. The van der Waals surface area contributed by atoms with Crippen molar-refractivity contribution >= 4 is 34.8 Å². The molecule has 0 atom stereocenters. The Labute approximate surface area is 118 Å². The lowest BCUT2D eigenvalue weighted by molar-refractivity contribution is 0.370. The van der Waals surface area contributed by atoms with Crippen LogP contribution in [0.3, 0.4) is 0 Å². The fourth-order valence-electron chi connectivity index (χ4n) is 1.53. The minimum Gasteiger partial charge on any atom is -0.479 e. The molecule has 0 fully saturated rings. The first kappa shape index (κ1) is 13.4. The first-order chi connectivity index (χ1) is 8.56. The fourth-order valence-corrected chi connectivity index (χ4v) is 2.27. The smallest absolute Gasteiger partial charge is 0.250 e. The SMILES string of the molecule is COc1nccc(-c2c(Cl)ccc(Cl)c2Cl)c1F. The third-order valence-corrected chi connectivity index (χ3v) is 3.48. The number of pyridine rings is 1. The topological polar surface area (TPSA) is 22.1 Å². The van der Waals surface area contributed by atoms with E-state index in [0.717, 1.165) is 0 Å². The number of hydrogen-bond acceptors (Lipinski definition) is 2. The van der Waals surface area contributed by atoms with E-state index in [4.69, 9.17) is 39.5 Å². The maximum absolute atomic E-state index is 14.1. The monoisotopic (exact) mass is 305 g/mol. The lowest BCUT2D eigenvalue weighted by atomic mass is 10.1. The van der Waals surface area contributed by atoms with Gasteiger partial charge in [-0.15, -0.1) is 0 Å². The van der Waals surface area contributed by atoms with Crippen molar-refractivity contribution in [2.45, 2.75) is 0 Å². The van der Waals surface area contributed by atoms with Crippen molar-refractivity contribution in [1.82, 2.24) is 4.98 Å². The molecule has 2 aromatic rings.